The van der Waals surface area contributed by atoms with Gasteiger partial charge in [0.05, 0.1) is 36.7 Å². The van der Waals surface area contributed by atoms with Crippen LogP contribution in [0, 0.1) is 6.92 Å². The monoisotopic (exact) mass is 578 g/mol. The minimum atomic E-state index is -0.272. The molecule has 0 aliphatic carbocycles. The van der Waals surface area contributed by atoms with Gasteiger partial charge in [-0.1, -0.05) is 41.3 Å². The molecule has 2 aromatic carbocycles. The van der Waals surface area contributed by atoms with Crippen molar-refractivity contribution in [1.29, 1.82) is 0 Å². The van der Waals surface area contributed by atoms with E-state index in [0.717, 1.165) is 34.0 Å². The van der Waals surface area contributed by atoms with Crippen molar-refractivity contribution in [2.45, 2.75) is 19.9 Å². The Kier molecular flexibility index (Phi) is 8.16. The predicted octanol–water partition coefficient (Wildman–Crippen LogP) is 4.50. The van der Waals surface area contributed by atoms with Crippen LogP contribution in [0.4, 0.5) is 22.0 Å². The number of ether oxygens (including phenoxy) is 1. The van der Waals surface area contributed by atoms with E-state index in [2.05, 4.69) is 30.8 Å². The number of nitrogens with one attached hydrogen (secondary N) is 3. The lowest BCUT2D eigenvalue weighted by molar-refractivity contribution is 0.0302. The van der Waals surface area contributed by atoms with Gasteiger partial charge in [-0.25, -0.2) is 9.78 Å². The van der Waals surface area contributed by atoms with Crippen LogP contribution in [0.5, 0.6) is 0 Å². The predicted molar refractivity (Wildman–Crippen MR) is 167 cm³/mol. The maximum atomic E-state index is 12.9. The van der Waals surface area contributed by atoms with Crippen LogP contribution in [-0.4, -0.2) is 60.6 Å². The second-order valence-corrected chi connectivity index (χ2v) is 10.5. The number of aromatic nitrogens is 1. The topological polar surface area (TPSA) is 117 Å². The number of rotatable bonds is 7. The van der Waals surface area contributed by atoms with Crippen LogP contribution >= 0.6 is 0 Å². The molecule has 0 unspecified atom stereocenters. The van der Waals surface area contributed by atoms with Gasteiger partial charge in [0, 0.05) is 31.2 Å². The lowest BCUT2D eigenvalue weighted by Gasteiger charge is -2.28. The summed E-state index contributed by atoms with van der Waals surface area (Å²) in [6.45, 7) is 6.75. The first-order chi connectivity index (χ1) is 21.0. The van der Waals surface area contributed by atoms with Crippen LogP contribution in [-0.2, 0) is 4.74 Å². The van der Waals surface area contributed by atoms with Gasteiger partial charge in [-0.3, -0.25) is 9.69 Å². The third kappa shape index (κ3) is 6.27. The number of amides is 3. The van der Waals surface area contributed by atoms with Crippen molar-refractivity contribution in [2.75, 3.05) is 48.5 Å². The number of benzene rings is 2. The number of amidine groups is 1. The van der Waals surface area contributed by atoms with Crippen molar-refractivity contribution >= 4 is 35.0 Å². The molecular formula is C32H34N8O3+. The van der Waals surface area contributed by atoms with E-state index in [1.165, 1.54) is 0 Å². The zero-order valence-corrected chi connectivity index (χ0v) is 24.2. The summed E-state index contributed by atoms with van der Waals surface area (Å²) in [4.78, 5) is 40.7. The van der Waals surface area contributed by atoms with Crippen LogP contribution in [0.1, 0.15) is 34.5 Å². The molecule has 1 radical (unpaired) electrons. The van der Waals surface area contributed by atoms with E-state index in [1.807, 2.05) is 79.7 Å². The van der Waals surface area contributed by atoms with E-state index in [0.29, 0.717) is 44.4 Å². The summed E-state index contributed by atoms with van der Waals surface area (Å²) in [6, 6.07) is 18.9. The Morgan fingerprint density at radius 3 is 2.60 bits per heavy atom. The standard InChI is InChI=1S/C32H34N8O3/c1-22-26(37-32(42)35-23(2)24-7-4-3-5-8-24)9-6-10-28(22)40-20-27(30-33-13-14-39(30)21-40)36-29-12-11-25(19-34-29)31(41)38-15-17-43-18-16-38/h3-14,19-20,23H,15-18,21H2,1-2H3,(H,34,36)(H2,35,37,42)/q+1/t23-/m0/s1. The number of hydrogen-bond acceptors (Lipinski definition) is 8. The van der Waals surface area contributed by atoms with Crippen molar-refractivity contribution in [1.82, 2.24) is 20.1 Å². The molecule has 0 spiro atoms. The number of fused-ring (bicyclic) bond motifs is 1. The molecule has 11 nitrogen and oxygen atoms in total. The van der Waals surface area contributed by atoms with E-state index in [1.54, 1.807) is 29.4 Å². The first kappa shape index (κ1) is 28.1. The number of pyridine rings is 1. The van der Waals surface area contributed by atoms with E-state index in [4.69, 9.17) is 4.74 Å². The van der Waals surface area contributed by atoms with Crippen LogP contribution in [0.2, 0.25) is 0 Å². The molecule has 1 fully saturated rings. The molecule has 4 heterocycles. The van der Waals surface area contributed by atoms with Crippen molar-refractivity contribution in [3.05, 3.63) is 108 Å². The molecule has 3 aliphatic rings. The maximum absolute atomic E-state index is 12.9. The Balaban J connectivity index is 1.17. The summed E-state index contributed by atoms with van der Waals surface area (Å²) < 4.78 is 5.35. The van der Waals surface area contributed by atoms with E-state index in [9.17, 15) is 9.59 Å². The molecule has 3 aliphatic heterocycles. The highest BCUT2D eigenvalue weighted by atomic mass is 16.5. The third-order valence-corrected chi connectivity index (χ3v) is 7.63. The fraction of sp³-hybridized carbons (Fsp3) is 0.250. The summed E-state index contributed by atoms with van der Waals surface area (Å²) in [7, 11) is 0. The molecular weight excluding hydrogens is 544 g/mol. The SMILES string of the molecule is Cc1c(NC(=O)N[C@@H](C)c2ccccc2)cccc1N1C=C(Nc2ccc(C(=O)N3CCOCC3)cn2)C2=NC=C[N+]2C1. The first-order valence-electron chi connectivity index (χ1n) is 14.3. The molecule has 0 bridgehead atoms. The Hall–Kier alpha value is -5.00. The van der Waals surface area contributed by atoms with Crippen molar-refractivity contribution < 1.29 is 14.3 Å². The lowest BCUT2D eigenvalue weighted by atomic mass is 10.1. The summed E-state index contributed by atoms with van der Waals surface area (Å²) in [6.07, 6.45) is 7.26. The highest BCUT2D eigenvalue weighted by Gasteiger charge is 2.37. The number of morpholine rings is 1. The fourth-order valence-corrected chi connectivity index (χ4v) is 5.25. The Morgan fingerprint density at radius 1 is 1.02 bits per heavy atom. The Morgan fingerprint density at radius 2 is 1.84 bits per heavy atom. The largest absolute Gasteiger partial charge is 0.378 e. The average molecular weight is 579 g/mol. The molecule has 1 aromatic heterocycles. The zero-order valence-electron chi connectivity index (χ0n) is 24.2. The van der Waals surface area contributed by atoms with Gasteiger partial charge < -0.3 is 25.6 Å². The number of carbonyl (C=O) groups excluding carboxylic acids is 2. The number of nitrogens with zero attached hydrogens (tertiary/aromatic N) is 5. The molecule has 1 saturated heterocycles. The Labute approximate surface area is 250 Å². The average Bonchev–Trinajstić information content (AvgIpc) is 3.52. The van der Waals surface area contributed by atoms with Crippen LogP contribution in [0.15, 0.2) is 96.1 Å². The summed E-state index contributed by atoms with van der Waals surface area (Å²) in [5, 5.41) is 9.40. The van der Waals surface area contributed by atoms with Crippen molar-refractivity contribution in [3.63, 3.8) is 0 Å². The normalized spacial score (nSPS) is 17.1. The van der Waals surface area contributed by atoms with Gasteiger partial charge in [-0.15, -0.1) is 0 Å². The van der Waals surface area contributed by atoms with Gasteiger partial charge in [0.2, 0.25) is 6.67 Å². The summed E-state index contributed by atoms with van der Waals surface area (Å²) >= 11 is 0. The highest BCUT2D eigenvalue weighted by molar-refractivity contribution is 6.06. The second-order valence-electron chi connectivity index (χ2n) is 10.5. The highest BCUT2D eigenvalue weighted by Crippen LogP contribution is 2.30. The number of urea groups is 1. The molecule has 219 valence electrons. The van der Waals surface area contributed by atoms with Crippen LogP contribution in [0.25, 0.3) is 0 Å². The van der Waals surface area contributed by atoms with Crippen molar-refractivity contribution in [2.24, 2.45) is 4.99 Å². The first-order valence-corrected chi connectivity index (χ1v) is 14.3. The molecule has 3 amide bonds. The van der Waals surface area contributed by atoms with Crippen LogP contribution in [0.3, 0.4) is 0 Å². The minimum Gasteiger partial charge on any atom is -0.378 e. The molecule has 0 saturated carbocycles. The van der Waals surface area contributed by atoms with Crippen LogP contribution < -0.4 is 25.8 Å². The van der Waals surface area contributed by atoms with Crippen molar-refractivity contribution in [3.8, 4) is 0 Å². The fourth-order valence-electron chi connectivity index (χ4n) is 5.25. The van der Waals surface area contributed by atoms with Gasteiger partial charge in [0.25, 0.3) is 5.91 Å². The van der Waals surface area contributed by atoms with Gasteiger partial charge in [-0.2, -0.15) is 4.99 Å². The lowest BCUT2D eigenvalue weighted by Crippen LogP contribution is -2.46. The second kappa shape index (κ2) is 12.5. The van der Waals surface area contributed by atoms with E-state index in [-0.39, 0.29) is 18.0 Å². The van der Waals surface area contributed by atoms with Gasteiger partial charge in [-0.05, 0) is 49.2 Å². The number of carbonyl (C=O) groups is 2. The molecule has 6 rings (SSSR count). The van der Waals surface area contributed by atoms with Gasteiger partial charge in [0.1, 0.15) is 11.5 Å². The summed E-state index contributed by atoms with van der Waals surface area (Å²) in [5.74, 6) is 1.32. The number of aliphatic imine (C=N–C) groups is 1. The molecule has 1 atom stereocenters. The molecule has 3 aromatic rings. The summed E-state index contributed by atoms with van der Waals surface area (Å²) in [5.41, 5.74) is 4.90. The van der Waals surface area contributed by atoms with E-state index >= 15 is 0 Å². The molecule has 43 heavy (non-hydrogen) atoms. The van der Waals surface area contributed by atoms with E-state index < -0.39 is 0 Å². The quantitative estimate of drug-likeness (QED) is 0.356. The third-order valence-electron chi connectivity index (χ3n) is 7.63. The van der Waals surface area contributed by atoms with Gasteiger partial charge >= 0.3 is 11.9 Å². The smallest absolute Gasteiger partial charge is 0.319 e. The maximum Gasteiger partial charge on any atom is 0.319 e. The number of hydrogen-bond donors (Lipinski definition) is 3. The Bertz CT molecular complexity index is 1580. The zero-order chi connectivity index (χ0) is 29.8. The molecule has 11 heteroatoms. The number of anilines is 3. The molecule has 3 N–H and O–H groups in total. The van der Waals surface area contributed by atoms with Gasteiger partial charge in [0.15, 0.2) is 6.20 Å². The minimum absolute atomic E-state index is 0.0480.